The van der Waals surface area contributed by atoms with Gasteiger partial charge in [0.25, 0.3) is 0 Å². The lowest BCUT2D eigenvalue weighted by Crippen LogP contribution is -2.42. The first-order valence-electron chi connectivity index (χ1n) is 52.1. The highest BCUT2D eigenvalue weighted by Gasteiger charge is 2.48. The van der Waals surface area contributed by atoms with Gasteiger partial charge < -0.3 is 0 Å². The fourth-order valence-corrected chi connectivity index (χ4v) is 33.7. The average molecular weight is 2280 g/mol. The van der Waals surface area contributed by atoms with E-state index in [1.165, 1.54) is 31.9 Å². The Kier molecular flexibility index (Phi) is 82.7. The van der Waals surface area contributed by atoms with E-state index in [0.717, 1.165) is 57.1 Å². The molecule has 0 amide bonds. The normalized spacial score (nSPS) is 16.4. The number of nitrogens with zero attached hydrogens (tertiary/aromatic N) is 1. The molecule has 5 rings (SSSR count). The van der Waals surface area contributed by atoms with Gasteiger partial charge >= 0.3 is 0 Å². The summed E-state index contributed by atoms with van der Waals surface area (Å²) < 4.78 is 215. The summed E-state index contributed by atoms with van der Waals surface area (Å²) in [6.45, 7) is 101. The van der Waals surface area contributed by atoms with Gasteiger partial charge in [-0.3, -0.25) is 4.31 Å². The zero-order chi connectivity index (χ0) is 110. The first-order valence-corrected chi connectivity index (χ1v) is 67.9. The predicted octanol–water partition coefficient (Wildman–Crippen LogP) is 33.4. The Morgan fingerprint density at radius 2 is 0.565 bits per heavy atom. The van der Waals surface area contributed by atoms with Gasteiger partial charge in [-0.15, -0.1) is 0 Å². The summed E-state index contributed by atoms with van der Waals surface area (Å²) in [4.78, 5) is 0. The van der Waals surface area contributed by atoms with Crippen LogP contribution in [-0.2, 0) is 88.7 Å². The molecule has 28 heteroatoms. The SMILES string of the molecule is C.C.C.C.C.C.C.C.C.C.CC(C)(C)[C@H](CN(c1ccccc1)S(=O)(=O)C1CC1)C1CC1.CC(C)(C)[C@H](CS(C)(=O)=O)C1CC1.CC(C)S(=O)(=O)CC(C(C)(C)C)C(C)(C)C.CC(C)[C@@H](CS(=O)(=O)C(C)C)C(C)(C)C.CCS(=O)(=O)C[C@H](C(C)C)C(C)(C)C.CC[C@@H](CS(=O)(=O)C(C)(C)C)C(C)(C)C.CC[C@@H](CS(=O)(=O)C(C)C)C(C)(C)C.CC[C@@H](CS(=O)(=O)CC)C(C)(C)C.CC[C@@H](CS(=O)(=O)CC1CC1)C(C)(C)C. The maximum atomic E-state index is 12.9. The third kappa shape index (κ3) is 73.0. The minimum Gasteiger partial charge on any atom is -0.270 e. The maximum absolute atomic E-state index is 12.9. The zero-order valence-electron chi connectivity index (χ0n) is 97.7. The van der Waals surface area contributed by atoms with E-state index < -0.39 is 93.5 Å². The molecule has 0 N–H and O–H groups in total. The minimum absolute atomic E-state index is 0. The zero-order valence-corrected chi connectivity index (χ0v) is 105. The van der Waals surface area contributed by atoms with Crippen molar-refractivity contribution in [3.63, 3.8) is 0 Å². The second-order valence-corrected chi connectivity index (χ2v) is 76.2. The first-order chi connectivity index (χ1) is 60.4. The molecule has 19 nitrogen and oxygen atoms in total. The van der Waals surface area contributed by atoms with Crippen LogP contribution in [0.15, 0.2) is 30.3 Å². The van der Waals surface area contributed by atoms with Crippen molar-refractivity contribution in [2.24, 2.45) is 137 Å². The Morgan fingerprint density at radius 3 is 0.803 bits per heavy atom. The van der Waals surface area contributed by atoms with Crippen LogP contribution in [0.2, 0.25) is 0 Å². The molecule has 0 radical (unpaired) electrons. The van der Waals surface area contributed by atoms with Crippen molar-refractivity contribution >= 4 is 94.4 Å². The van der Waals surface area contributed by atoms with Gasteiger partial charge in [0.1, 0.15) is 29.5 Å². The van der Waals surface area contributed by atoms with E-state index in [0.29, 0.717) is 99.9 Å². The van der Waals surface area contributed by atoms with E-state index in [1.54, 1.807) is 80.5 Å². The van der Waals surface area contributed by atoms with E-state index in [1.807, 2.05) is 30.3 Å². The molecular formula is C119H261NO18S9. The minimum atomic E-state index is -3.21. The van der Waals surface area contributed by atoms with E-state index in [-0.39, 0.29) is 202 Å². The van der Waals surface area contributed by atoms with Gasteiger partial charge in [-0.1, -0.05) is 395 Å². The monoisotopic (exact) mass is 2280 g/mol. The Morgan fingerprint density at radius 1 is 0.293 bits per heavy atom. The van der Waals surface area contributed by atoms with Crippen molar-refractivity contribution in [2.45, 2.75) is 516 Å². The number of anilines is 1. The van der Waals surface area contributed by atoms with Crippen molar-refractivity contribution in [2.75, 3.05) is 80.4 Å². The predicted molar refractivity (Wildman–Crippen MR) is 665 cm³/mol. The summed E-state index contributed by atoms with van der Waals surface area (Å²) in [5.41, 5.74) is 1.57. The molecular weight excluding hydrogens is 2020 g/mol. The van der Waals surface area contributed by atoms with Gasteiger partial charge in [-0.05, 0) is 263 Å². The lowest BCUT2D eigenvalue weighted by atomic mass is 9.68. The van der Waals surface area contributed by atoms with Crippen molar-refractivity contribution in [1.82, 2.24) is 0 Å². The van der Waals surface area contributed by atoms with Crippen LogP contribution in [0.4, 0.5) is 5.69 Å². The maximum Gasteiger partial charge on any atom is 0.238 e. The number of hydrogen-bond acceptors (Lipinski definition) is 18. The molecule has 1 aromatic rings. The molecule has 4 saturated carbocycles. The summed E-state index contributed by atoms with van der Waals surface area (Å²) in [6.07, 6.45) is 13.9. The highest BCUT2D eigenvalue weighted by atomic mass is 32.2. The lowest BCUT2D eigenvalue weighted by Gasteiger charge is -2.40. The molecule has 4 fully saturated rings. The van der Waals surface area contributed by atoms with Gasteiger partial charge in [0.2, 0.25) is 10.0 Å². The third-order valence-corrected chi connectivity index (χ3v) is 46.9. The highest BCUT2D eigenvalue weighted by molar-refractivity contribution is 7.94. The van der Waals surface area contributed by atoms with Crippen LogP contribution in [0.1, 0.15) is 491 Å². The first kappa shape index (κ1) is 176. The van der Waals surface area contributed by atoms with E-state index >= 15 is 0 Å². The largest absolute Gasteiger partial charge is 0.270 e. The topological polar surface area (TPSA) is 310 Å². The van der Waals surface area contributed by atoms with Crippen LogP contribution in [0, 0.1) is 137 Å². The number of para-hydroxylation sites is 1. The van der Waals surface area contributed by atoms with Crippen molar-refractivity contribution in [3.8, 4) is 0 Å². The van der Waals surface area contributed by atoms with Crippen LogP contribution < -0.4 is 4.31 Å². The number of sulfone groups is 8. The molecule has 0 aromatic heterocycles. The molecule has 147 heavy (non-hydrogen) atoms. The molecule has 0 heterocycles. The molecule has 0 aliphatic heterocycles. The summed E-state index contributed by atoms with van der Waals surface area (Å²) >= 11 is 0. The van der Waals surface area contributed by atoms with Gasteiger partial charge in [0.05, 0.1) is 83.2 Å². The number of rotatable bonds is 36. The number of sulfonamides is 1. The second kappa shape index (κ2) is 69.2. The Hall–Kier alpha value is -1.43. The van der Waals surface area contributed by atoms with Gasteiger partial charge in [-0.2, -0.15) is 0 Å². The lowest BCUT2D eigenvalue weighted by molar-refractivity contribution is 0.123. The fraction of sp³-hybridized carbons (Fsp3) is 0.950. The molecule has 0 bridgehead atoms. The number of hydrogen-bond donors (Lipinski definition) is 0. The van der Waals surface area contributed by atoms with Gasteiger partial charge in [0.15, 0.2) is 49.2 Å². The molecule has 4 aliphatic rings. The highest BCUT2D eigenvalue weighted by Crippen LogP contribution is 2.50. The Labute approximate surface area is 926 Å². The van der Waals surface area contributed by atoms with Crippen LogP contribution in [-0.4, -0.2) is 178 Å². The quantitative estimate of drug-likeness (QED) is 0.0602. The summed E-state index contributed by atoms with van der Waals surface area (Å²) in [7, 11) is -26.3. The molecule has 904 valence electrons. The summed E-state index contributed by atoms with van der Waals surface area (Å²) in [5.74, 6) is 8.69. The molecule has 0 saturated heterocycles. The Bertz CT molecular complexity index is 4680. The smallest absolute Gasteiger partial charge is 0.238 e. The summed E-state index contributed by atoms with van der Waals surface area (Å²) in [5, 5.41) is -0.952. The van der Waals surface area contributed by atoms with Crippen molar-refractivity contribution < 1.29 is 75.8 Å². The van der Waals surface area contributed by atoms with Gasteiger partial charge in [0, 0.05) is 24.3 Å². The third-order valence-electron chi connectivity index (χ3n) is 28.7. The van der Waals surface area contributed by atoms with E-state index in [2.05, 4.69) is 263 Å². The average Bonchev–Trinajstić information content (AvgIpc) is 1.61. The van der Waals surface area contributed by atoms with Crippen LogP contribution in [0.25, 0.3) is 0 Å². The second-order valence-electron chi connectivity index (χ2n) is 54.4. The number of benzene rings is 1. The fourth-order valence-electron chi connectivity index (χ4n) is 17.5. The standard InChI is InChI=1S/C18H27NO2S.C13H28O2S.C12H24O2S.2C12H26O2S.2C11H24O2S.C10H20O2S.C10H22O2S.10CH4/c1-18(2,3)17(14-9-10-14)13-19(15-7-5-4-6-8-15)22(20,21)16-11-12-16;1-10(2)16(14,15)9-11(12(3,4)5)13(6,7)8;1-5-11(12(2,3)4)9-15(13,14)8-10-6-7-10;1-9(2)11(12(5,6)7)8-15(13,14)10(3)4;1-8-10(11(2,3)4)9-15(13,14)12(5,6)7;1-7-14(12,13)8-10(9(2)3)11(4,5)6;1-7-10(11(4,5)6)8-14(12,13)9(2)3;1-10(2,3)9(8-5-6-8)7-13(4,11)12;1-6-9(10(3,4)5)8-13(11,12)7-2;;;;;;;;;;/h4-8,14,16-17H,9-13H2,1-3H3;10-11H,9H2,1-8H3;10-11H,5-9H2,1-4H3;9-11H,8H2,1-7H3;10H,8-9H2,1-7H3;2*9-10H,7-8H2,1-6H3;8-9H,5-7H2,1-4H3;9H,6-8H2,1-5H3;10*1H4/t17-;;2*11-;3*10-;2*9-;;;;;;;;;;/m1.0101010........../s1. The van der Waals surface area contributed by atoms with Crippen molar-refractivity contribution in [1.29, 1.82) is 0 Å². The van der Waals surface area contributed by atoms with Crippen LogP contribution in [0.5, 0.6) is 0 Å². The molecule has 0 spiro atoms. The van der Waals surface area contributed by atoms with Crippen molar-refractivity contribution in [3.05, 3.63) is 30.3 Å². The van der Waals surface area contributed by atoms with Crippen LogP contribution in [0.3, 0.4) is 0 Å². The summed E-state index contributed by atoms with van der Waals surface area (Å²) in [6, 6.07) is 9.63. The van der Waals surface area contributed by atoms with Gasteiger partial charge in [-0.25, -0.2) is 75.8 Å². The Balaban J connectivity index is -0.000000112. The molecule has 8 atom stereocenters. The molecule has 0 unspecified atom stereocenters. The van der Waals surface area contributed by atoms with E-state index in [9.17, 15) is 75.8 Å². The van der Waals surface area contributed by atoms with Crippen LogP contribution >= 0.6 is 0 Å². The van der Waals surface area contributed by atoms with E-state index in [4.69, 9.17) is 0 Å². The molecule has 1 aromatic carbocycles. The molecule has 4 aliphatic carbocycles.